The van der Waals surface area contributed by atoms with Crippen molar-refractivity contribution in [3.8, 4) is 11.1 Å². The van der Waals surface area contributed by atoms with Crippen LogP contribution >= 0.6 is 0 Å². The van der Waals surface area contributed by atoms with Gasteiger partial charge in [0.1, 0.15) is 6.61 Å². The first-order valence-electron chi connectivity index (χ1n) is 10.1. The Bertz CT molecular complexity index is 1080. The molecule has 0 radical (unpaired) electrons. The minimum Gasteiger partial charge on any atom is -0.387 e. The monoisotopic (exact) mass is 415 g/mol. The van der Waals surface area contributed by atoms with E-state index in [9.17, 15) is 4.79 Å². The minimum atomic E-state index is -0.500. The number of carbonyl (C=O) groups is 1. The van der Waals surface area contributed by atoms with E-state index in [4.69, 9.17) is 5.11 Å². The van der Waals surface area contributed by atoms with Gasteiger partial charge in [0.15, 0.2) is 0 Å². The summed E-state index contributed by atoms with van der Waals surface area (Å²) in [5, 5.41) is 11.8. The van der Waals surface area contributed by atoms with Gasteiger partial charge in [-0.15, -0.1) is 0 Å². The lowest BCUT2D eigenvalue weighted by Gasteiger charge is -2.18. The molecule has 3 aromatic rings. The molecule has 0 unspecified atom stereocenters. The van der Waals surface area contributed by atoms with Crippen LogP contribution in [0.3, 0.4) is 0 Å². The lowest BCUT2D eigenvalue weighted by atomic mass is 9.91. The topological polar surface area (TPSA) is 74.6 Å². The number of nitrogens with zero attached hydrogens (tertiary/aromatic N) is 2. The summed E-state index contributed by atoms with van der Waals surface area (Å²) in [4.78, 5) is 20.6. The van der Waals surface area contributed by atoms with Gasteiger partial charge in [-0.1, -0.05) is 49.9 Å². The van der Waals surface area contributed by atoms with E-state index in [1.165, 1.54) is 11.1 Å². The van der Waals surface area contributed by atoms with Crippen molar-refractivity contribution in [1.82, 2.24) is 10.3 Å². The Morgan fingerprint density at radius 3 is 2.68 bits per heavy atom. The average Bonchev–Trinajstić information content (AvgIpc) is 3.17. The molecule has 1 aromatic heterocycles. The molecule has 2 heterocycles. The molecule has 0 saturated heterocycles. The third-order valence-corrected chi connectivity index (χ3v) is 5.56. The molecule has 1 atom stereocenters. The van der Waals surface area contributed by atoms with Crippen molar-refractivity contribution in [3.63, 3.8) is 0 Å². The second-order valence-electron chi connectivity index (χ2n) is 7.63. The van der Waals surface area contributed by atoms with Gasteiger partial charge in [-0.25, -0.2) is 0 Å². The second-order valence-corrected chi connectivity index (χ2v) is 7.63. The molecule has 4 rings (SSSR count). The van der Waals surface area contributed by atoms with Crippen LogP contribution in [-0.2, 0) is 17.8 Å². The first-order chi connectivity index (χ1) is 14.6. The number of aliphatic hydroxyl groups excluding tert-OH is 1. The van der Waals surface area contributed by atoms with Crippen LogP contribution in [0.5, 0.6) is 0 Å². The number of carbonyl (C=O) groups excluding carboxylic acids is 1. The maximum Gasteiger partial charge on any atom is 0.245 e. The smallest absolute Gasteiger partial charge is 0.245 e. The third kappa shape index (κ3) is 5.25. The molecule has 0 aliphatic carbocycles. The number of rotatable bonds is 7. The van der Waals surface area contributed by atoms with Crippen LogP contribution in [0.25, 0.3) is 11.1 Å². The lowest BCUT2D eigenvalue weighted by Crippen LogP contribution is -2.31. The van der Waals surface area contributed by atoms with Gasteiger partial charge in [-0.05, 0) is 47.7 Å². The molecule has 2 aromatic carbocycles. The molecule has 0 spiro atoms. The molecular weight excluding hydrogens is 386 g/mol. The Morgan fingerprint density at radius 2 is 1.90 bits per heavy atom. The molecule has 0 bridgehead atoms. The summed E-state index contributed by atoms with van der Waals surface area (Å²) >= 11 is 0. The van der Waals surface area contributed by atoms with E-state index >= 15 is 0 Å². The van der Waals surface area contributed by atoms with E-state index < -0.39 is 6.61 Å². The molecule has 0 fully saturated rings. The summed E-state index contributed by atoms with van der Waals surface area (Å²) in [6.07, 6.45) is 4.51. The van der Waals surface area contributed by atoms with E-state index in [1.54, 1.807) is 0 Å². The maximum absolute atomic E-state index is 11.6. The third-order valence-electron chi connectivity index (χ3n) is 5.56. The van der Waals surface area contributed by atoms with Crippen molar-refractivity contribution in [3.05, 3.63) is 89.2 Å². The van der Waals surface area contributed by atoms with E-state index in [0.717, 1.165) is 40.9 Å². The Morgan fingerprint density at radius 1 is 1.10 bits per heavy atom. The number of amides is 1. The number of fused-ring (bicyclic) bond motifs is 1. The van der Waals surface area contributed by atoms with Gasteiger partial charge < -0.3 is 10.4 Å². The molecule has 1 aliphatic rings. The largest absolute Gasteiger partial charge is 0.387 e. The highest BCUT2D eigenvalue weighted by Gasteiger charge is 2.16. The number of nitrogens with one attached hydrogen (secondary N) is 1. The van der Waals surface area contributed by atoms with Crippen LogP contribution in [-0.4, -0.2) is 34.9 Å². The zero-order chi connectivity index (χ0) is 20.9. The molecule has 5 nitrogen and oxygen atoms in total. The van der Waals surface area contributed by atoms with E-state index in [1.807, 2.05) is 30.6 Å². The predicted molar refractivity (Wildman–Crippen MR) is 125 cm³/mol. The molecule has 1 aliphatic heterocycles. The molecule has 160 valence electrons. The summed E-state index contributed by atoms with van der Waals surface area (Å²) < 4.78 is 0. The summed E-state index contributed by atoms with van der Waals surface area (Å²) in [5.41, 5.74) is 8.01. The zero-order valence-corrected chi connectivity index (χ0v) is 17.0. The van der Waals surface area contributed by atoms with Gasteiger partial charge in [0.2, 0.25) is 5.91 Å². The number of aromatic nitrogens is 1. The van der Waals surface area contributed by atoms with E-state index in [-0.39, 0.29) is 19.3 Å². The highest BCUT2D eigenvalue weighted by molar-refractivity contribution is 6.02. The Kier molecular flexibility index (Phi) is 7.32. The minimum absolute atomic E-state index is 0. The molecule has 5 heteroatoms. The Labute approximate surface area is 183 Å². The Balaban J connectivity index is 0.00000272. The standard InChI is InChI=1S/C25H25N3O2.CH4/c1-17-24-11-20(7-8-21(24)14-27-17)22-9-18(12-26-13-22)10-23(15-28-25(30)16-29)19-5-3-2-4-6-19;/h2-9,11-13,23,29H,10,14-16H2,1H3,(H,28,30);1H4/t23-;/m0./s1. The average molecular weight is 416 g/mol. The number of aliphatic hydroxyl groups is 1. The number of benzene rings is 2. The summed E-state index contributed by atoms with van der Waals surface area (Å²) in [6.45, 7) is 2.77. The molecule has 0 saturated carbocycles. The second kappa shape index (κ2) is 10.1. The van der Waals surface area contributed by atoms with Crippen LogP contribution < -0.4 is 5.32 Å². The predicted octanol–water partition coefficient (Wildman–Crippen LogP) is 4.14. The summed E-state index contributed by atoms with van der Waals surface area (Å²) in [5.74, 6) is -0.272. The normalized spacial score (nSPS) is 13.0. The van der Waals surface area contributed by atoms with E-state index in [2.05, 4.69) is 58.6 Å². The van der Waals surface area contributed by atoms with Crippen LogP contribution in [0, 0.1) is 0 Å². The quantitative estimate of drug-likeness (QED) is 0.609. The number of pyridine rings is 1. The van der Waals surface area contributed by atoms with Crippen molar-refractivity contribution < 1.29 is 9.90 Å². The first kappa shape index (κ1) is 22.4. The van der Waals surface area contributed by atoms with Crippen molar-refractivity contribution >= 4 is 11.6 Å². The summed E-state index contributed by atoms with van der Waals surface area (Å²) in [6, 6.07) is 18.7. The molecule has 31 heavy (non-hydrogen) atoms. The zero-order valence-electron chi connectivity index (χ0n) is 17.0. The van der Waals surface area contributed by atoms with Crippen molar-refractivity contribution in [2.75, 3.05) is 13.2 Å². The van der Waals surface area contributed by atoms with Gasteiger partial charge in [0.05, 0.1) is 6.54 Å². The van der Waals surface area contributed by atoms with Crippen LogP contribution in [0.15, 0.2) is 72.0 Å². The highest BCUT2D eigenvalue weighted by atomic mass is 16.3. The van der Waals surface area contributed by atoms with Crippen molar-refractivity contribution in [2.45, 2.75) is 33.2 Å². The van der Waals surface area contributed by atoms with Crippen LogP contribution in [0.2, 0.25) is 0 Å². The highest BCUT2D eigenvalue weighted by Crippen LogP contribution is 2.28. The van der Waals surface area contributed by atoms with Crippen molar-refractivity contribution in [2.24, 2.45) is 4.99 Å². The van der Waals surface area contributed by atoms with Crippen molar-refractivity contribution in [1.29, 1.82) is 0 Å². The van der Waals surface area contributed by atoms with E-state index in [0.29, 0.717) is 6.54 Å². The van der Waals surface area contributed by atoms with Gasteiger partial charge in [0, 0.05) is 41.7 Å². The molecular formula is C26H29N3O2. The van der Waals surface area contributed by atoms with Crippen LogP contribution in [0.1, 0.15) is 42.5 Å². The van der Waals surface area contributed by atoms with Gasteiger partial charge in [-0.3, -0.25) is 14.8 Å². The van der Waals surface area contributed by atoms with Crippen LogP contribution in [0.4, 0.5) is 0 Å². The fraction of sp³-hybridized carbons (Fsp3) is 0.269. The van der Waals surface area contributed by atoms with Gasteiger partial charge in [0.25, 0.3) is 0 Å². The first-order valence-corrected chi connectivity index (χ1v) is 10.1. The molecule has 2 N–H and O–H groups in total. The Hall–Kier alpha value is -3.31. The summed E-state index contributed by atoms with van der Waals surface area (Å²) in [7, 11) is 0. The number of hydrogen-bond donors (Lipinski definition) is 2. The number of hydrogen-bond acceptors (Lipinski definition) is 4. The fourth-order valence-corrected chi connectivity index (χ4v) is 3.89. The van der Waals surface area contributed by atoms with Gasteiger partial charge in [-0.2, -0.15) is 0 Å². The maximum atomic E-state index is 11.6. The number of aliphatic imine (C=N–C) groups is 1. The SMILES string of the molecule is C.CC1=NCc2ccc(-c3cncc(C[C@@H](CNC(=O)CO)c4ccccc4)c3)cc21. The molecule has 1 amide bonds. The fourth-order valence-electron chi connectivity index (χ4n) is 3.89. The lowest BCUT2D eigenvalue weighted by molar-refractivity contribution is -0.123. The van der Waals surface area contributed by atoms with Gasteiger partial charge >= 0.3 is 0 Å².